The van der Waals surface area contributed by atoms with Gasteiger partial charge in [0, 0.05) is 20.6 Å². The minimum Gasteiger partial charge on any atom is -0.463 e. The van der Waals surface area contributed by atoms with Gasteiger partial charge in [0.25, 0.3) is 0 Å². The van der Waals surface area contributed by atoms with Gasteiger partial charge in [-0.25, -0.2) is 5.43 Å². The third-order valence-corrected chi connectivity index (χ3v) is 3.22. The topological polar surface area (TPSA) is 91.5 Å². The molecule has 3 rings (SSSR count). The monoisotopic (exact) mass is 337 g/mol. The van der Waals surface area contributed by atoms with Gasteiger partial charge in [0.2, 0.25) is 17.8 Å². The van der Waals surface area contributed by atoms with Crippen molar-refractivity contribution in [2.45, 2.75) is 6.54 Å². The number of anilines is 3. The molecule has 0 saturated carbocycles. The molecule has 0 aliphatic carbocycles. The molecule has 0 radical (unpaired) electrons. The Bertz CT molecular complexity index is 816. The van der Waals surface area contributed by atoms with Gasteiger partial charge in [-0.15, -0.1) is 0 Å². The van der Waals surface area contributed by atoms with E-state index in [1.54, 1.807) is 29.5 Å². The number of nitrogens with zero attached hydrogens (tertiary/aromatic N) is 5. The molecule has 128 valence electrons. The van der Waals surface area contributed by atoms with Gasteiger partial charge >= 0.3 is 0 Å². The van der Waals surface area contributed by atoms with E-state index in [-0.39, 0.29) is 0 Å². The van der Waals surface area contributed by atoms with Crippen molar-refractivity contribution in [1.29, 1.82) is 0 Å². The Morgan fingerprint density at radius 2 is 1.84 bits per heavy atom. The quantitative estimate of drug-likeness (QED) is 0.506. The third-order valence-electron chi connectivity index (χ3n) is 3.22. The molecule has 0 saturated heterocycles. The summed E-state index contributed by atoms with van der Waals surface area (Å²) >= 11 is 0. The molecule has 0 amide bonds. The zero-order chi connectivity index (χ0) is 17.5. The molecule has 0 aliphatic rings. The normalized spacial score (nSPS) is 10.8. The average Bonchev–Trinajstić information content (AvgIpc) is 3.14. The van der Waals surface area contributed by atoms with Gasteiger partial charge in [-0.2, -0.15) is 20.1 Å². The number of nitrogens with one attached hydrogen (secondary N) is 2. The van der Waals surface area contributed by atoms with Gasteiger partial charge in [0.1, 0.15) is 5.76 Å². The SMILES string of the molecule is CN(C)c1nc(NCc2ccccc2)nc(N/N=C/c2ccco2)n1. The van der Waals surface area contributed by atoms with Crippen LogP contribution in [0.4, 0.5) is 17.8 Å². The largest absolute Gasteiger partial charge is 0.463 e. The predicted octanol–water partition coefficient (Wildman–Crippen LogP) is 2.59. The first kappa shape index (κ1) is 16.4. The number of furan rings is 1. The lowest BCUT2D eigenvalue weighted by Gasteiger charge is -2.13. The maximum Gasteiger partial charge on any atom is 0.250 e. The highest BCUT2D eigenvalue weighted by Crippen LogP contribution is 2.12. The fraction of sp³-hybridized carbons (Fsp3) is 0.176. The van der Waals surface area contributed by atoms with Crippen LogP contribution in [-0.4, -0.2) is 35.3 Å². The molecule has 25 heavy (non-hydrogen) atoms. The van der Waals surface area contributed by atoms with Crippen LogP contribution in [0.3, 0.4) is 0 Å². The number of hydrogen-bond donors (Lipinski definition) is 2. The molecular formula is C17H19N7O. The fourth-order valence-corrected chi connectivity index (χ4v) is 1.99. The first-order valence-corrected chi connectivity index (χ1v) is 7.74. The third kappa shape index (κ3) is 4.77. The highest BCUT2D eigenvalue weighted by Gasteiger charge is 2.07. The van der Waals surface area contributed by atoms with Gasteiger partial charge in [0.05, 0.1) is 12.5 Å². The Kier molecular flexibility index (Phi) is 5.20. The van der Waals surface area contributed by atoms with E-state index in [0.717, 1.165) is 5.56 Å². The molecule has 0 aliphatic heterocycles. The zero-order valence-corrected chi connectivity index (χ0v) is 14.0. The first-order valence-electron chi connectivity index (χ1n) is 7.74. The van der Waals surface area contributed by atoms with E-state index in [1.165, 1.54) is 0 Å². The smallest absolute Gasteiger partial charge is 0.250 e. The van der Waals surface area contributed by atoms with Crippen LogP contribution < -0.4 is 15.6 Å². The molecule has 2 N–H and O–H groups in total. The summed E-state index contributed by atoms with van der Waals surface area (Å²) in [6.45, 7) is 0.618. The molecule has 2 aromatic heterocycles. The number of rotatable bonds is 7. The minimum atomic E-state index is 0.345. The molecule has 1 aromatic carbocycles. The lowest BCUT2D eigenvalue weighted by Crippen LogP contribution is -2.16. The van der Waals surface area contributed by atoms with Crippen LogP contribution >= 0.6 is 0 Å². The van der Waals surface area contributed by atoms with Crippen LogP contribution in [0.25, 0.3) is 0 Å². The second-order valence-corrected chi connectivity index (χ2v) is 5.40. The number of aromatic nitrogens is 3. The van der Waals surface area contributed by atoms with E-state index < -0.39 is 0 Å². The number of hydrazone groups is 1. The van der Waals surface area contributed by atoms with Crippen molar-refractivity contribution >= 4 is 24.1 Å². The standard InChI is InChI=1S/C17H19N7O/c1-24(2)17-21-15(18-11-13-7-4-3-5-8-13)20-16(22-17)23-19-12-14-9-6-10-25-14/h3-10,12H,11H2,1-2H3,(H2,18,20,21,22,23)/b19-12+. The van der Waals surface area contributed by atoms with Crippen molar-refractivity contribution < 1.29 is 4.42 Å². The Morgan fingerprint density at radius 1 is 1.04 bits per heavy atom. The summed E-state index contributed by atoms with van der Waals surface area (Å²) in [5, 5.41) is 7.28. The van der Waals surface area contributed by atoms with Gasteiger partial charge in [-0.3, -0.25) is 0 Å². The summed E-state index contributed by atoms with van der Waals surface area (Å²) in [4.78, 5) is 14.8. The van der Waals surface area contributed by atoms with Crippen molar-refractivity contribution in [2.75, 3.05) is 29.7 Å². The van der Waals surface area contributed by atoms with Gasteiger partial charge in [-0.1, -0.05) is 30.3 Å². The second-order valence-electron chi connectivity index (χ2n) is 5.40. The van der Waals surface area contributed by atoms with Crippen LogP contribution in [0.2, 0.25) is 0 Å². The van der Waals surface area contributed by atoms with E-state index in [0.29, 0.717) is 30.2 Å². The second kappa shape index (κ2) is 7.91. The van der Waals surface area contributed by atoms with E-state index in [2.05, 4.69) is 30.8 Å². The number of hydrogen-bond acceptors (Lipinski definition) is 8. The van der Waals surface area contributed by atoms with E-state index in [1.807, 2.05) is 44.4 Å². The van der Waals surface area contributed by atoms with E-state index in [4.69, 9.17) is 4.42 Å². The highest BCUT2D eigenvalue weighted by atomic mass is 16.3. The molecule has 0 unspecified atom stereocenters. The molecule has 0 spiro atoms. The van der Waals surface area contributed by atoms with Crippen molar-refractivity contribution in [3.63, 3.8) is 0 Å². The van der Waals surface area contributed by atoms with Crippen molar-refractivity contribution in [2.24, 2.45) is 5.10 Å². The van der Waals surface area contributed by atoms with Crippen molar-refractivity contribution in [3.8, 4) is 0 Å². The lowest BCUT2D eigenvalue weighted by atomic mass is 10.2. The summed E-state index contributed by atoms with van der Waals surface area (Å²) in [7, 11) is 3.73. The highest BCUT2D eigenvalue weighted by molar-refractivity contribution is 5.76. The van der Waals surface area contributed by atoms with E-state index in [9.17, 15) is 0 Å². The molecular weight excluding hydrogens is 318 g/mol. The Morgan fingerprint density at radius 3 is 2.56 bits per heavy atom. The summed E-state index contributed by atoms with van der Waals surface area (Å²) in [5.41, 5.74) is 3.94. The van der Waals surface area contributed by atoms with Crippen LogP contribution in [0, 0.1) is 0 Å². The summed E-state index contributed by atoms with van der Waals surface area (Å²) in [6, 6.07) is 13.6. The average molecular weight is 337 g/mol. The fourth-order valence-electron chi connectivity index (χ4n) is 1.99. The zero-order valence-electron chi connectivity index (χ0n) is 14.0. The molecule has 0 atom stereocenters. The molecule has 3 aromatic rings. The molecule has 0 bridgehead atoms. The Balaban J connectivity index is 1.72. The van der Waals surface area contributed by atoms with Gasteiger partial charge in [0.15, 0.2) is 0 Å². The molecule has 2 heterocycles. The molecule has 8 heteroatoms. The summed E-state index contributed by atoms with van der Waals surface area (Å²) in [5.74, 6) is 1.98. The van der Waals surface area contributed by atoms with E-state index >= 15 is 0 Å². The molecule has 8 nitrogen and oxygen atoms in total. The maximum absolute atomic E-state index is 5.18. The Hall–Kier alpha value is -3.42. The Labute approximate surface area is 145 Å². The van der Waals surface area contributed by atoms with Gasteiger partial charge in [-0.05, 0) is 17.7 Å². The van der Waals surface area contributed by atoms with Crippen molar-refractivity contribution in [3.05, 3.63) is 60.1 Å². The van der Waals surface area contributed by atoms with Crippen molar-refractivity contribution in [1.82, 2.24) is 15.0 Å². The summed E-state index contributed by atoms with van der Waals surface area (Å²) < 4.78 is 5.18. The van der Waals surface area contributed by atoms with Crippen LogP contribution in [0.5, 0.6) is 0 Å². The van der Waals surface area contributed by atoms with Crippen LogP contribution in [-0.2, 0) is 6.54 Å². The van der Waals surface area contributed by atoms with Crippen LogP contribution in [0.15, 0.2) is 58.2 Å². The lowest BCUT2D eigenvalue weighted by molar-refractivity contribution is 0.560. The first-order chi connectivity index (χ1) is 12.2. The summed E-state index contributed by atoms with van der Waals surface area (Å²) in [6.07, 6.45) is 3.14. The minimum absolute atomic E-state index is 0.345. The predicted molar refractivity (Wildman–Crippen MR) is 97.8 cm³/mol. The van der Waals surface area contributed by atoms with Gasteiger partial charge < -0.3 is 14.6 Å². The van der Waals surface area contributed by atoms with Crippen LogP contribution in [0.1, 0.15) is 11.3 Å². The molecule has 0 fully saturated rings. The maximum atomic E-state index is 5.18. The number of benzene rings is 1.